The van der Waals surface area contributed by atoms with Crippen molar-refractivity contribution in [1.82, 2.24) is 24.3 Å². The molecule has 8 nitrogen and oxygen atoms in total. The van der Waals surface area contributed by atoms with Crippen molar-refractivity contribution < 1.29 is 9.50 Å². The second kappa shape index (κ2) is 9.89. The fourth-order valence-corrected chi connectivity index (χ4v) is 4.84. The van der Waals surface area contributed by atoms with E-state index in [2.05, 4.69) is 39.0 Å². The number of pyridine rings is 1. The maximum Gasteiger partial charge on any atom is 0.278 e. The molecule has 2 N–H and O–H groups in total. The number of aromatic nitrogens is 5. The van der Waals surface area contributed by atoms with Gasteiger partial charge in [-0.15, -0.1) is 6.58 Å². The number of benzene rings is 1. The van der Waals surface area contributed by atoms with Crippen LogP contribution < -0.4 is 10.9 Å². The minimum Gasteiger partial charge on any atom is -0.384 e. The third kappa shape index (κ3) is 5.04. The van der Waals surface area contributed by atoms with Gasteiger partial charge in [-0.2, -0.15) is 4.98 Å². The fourth-order valence-electron chi connectivity index (χ4n) is 4.84. The molecule has 0 aliphatic heterocycles. The number of allylic oxidation sites excluding steroid dienone is 1. The summed E-state index contributed by atoms with van der Waals surface area (Å²) in [5, 5.41) is 14.0. The largest absolute Gasteiger partial charge is 0.384 e. The van der Waals surface area contributed by atoms with Crippen molar-refractivity contribution in [3.8, 4) is 5.82 Å². The third-order valence-electron chi connectivity index (χ3n) is 6.85. The van der Waals surface area contributed by atoms with E-state index in [1.165, 1.54) is 16.4 Å². The lowest BCUT2D eigenvalue weighted by atomic mass is 9.83. The number of fused-ring (bicyclic) bond motifs is 1. The van der Waals surface area contributed by atoms with Crippen LogP contribution in [0.1, 0.15) is 56.7 Å². The molecule has 1 aliphatic carbocycles. The van der Waals surface area contributed by atoms with Crippen LogP contribution in [0, 0.1) is 0 Å². The number of rotatable bonds is 7. The van der Waals surface area contributed by atoms with Crippen LogP contribution >= 0.6 is 0 Å². The van der Waals surface area contributed by atoms with Crippen LogP contribution in [-0.4, -0.2) is 35.6 Å². The summed E-state index contributed by atoms with van der Waals surface area (Å²) in [6.45, 7) is 7.34. The zero-order valence-corrected chi connectivity index (χ0v) is 21.1. The highest BCUT2D eigenvalue weighted by Gasteiger charge is 2.23. The van der Waals surface area contributed by atoms with Gasteiger partial charge in [-0.05, 0) is 75.3 Å². The second-order valence-corrected chi connectivity index (χ2v) is 10.1. The molecule has 37 heavy (non-hydrogen) atoms. The molecule has 0 bridgehead atoms. The van der Waals surface area contributed by atoms with E-state index >= 15 is 0 Å². The Morgan fingerprint density at radius 2 is 1.86 bits per heavy atom. The summed E-state index contributed by atoms with van der Waals surface area (Å²) in [5.41, 5.74) is 1.47. The van der Waals surface area contributed by atoms with Crippen LogP contribution in [0.25, 0.3) is 16.9 Å². The van der Waals surface area contributed by atoms with Gasteiger partial charge in [0, 0.05) is 11.9 Å². The van der Waals surface area contributed by atoms with Crippen molar-refractivity contribution in [1.29, 1.82) is 0 Å². The second-order valence-electron chi connectivity index (χ2n) is 10.1. The Morgan fingerprint density at radius 3 is 2.54 bits per heavy atom. The van der Waals surface area contributed by atoms with Gasteiger partial charge >= 0.3 is 0 Å². The number of aliphatic hydroxyl groups is 1. The Bertz CT molecular complexity index is 1480. The summed E-state index contributed by atoms with van der Waals surface area (Å²) in [6, 6.07) is 13.3. The van der Waals surface area contributed by atoms with Gasteiger partial charge in [-0.25, -0.2) is 23.7 Å². The van der Waals surface area contributed by atoms with Crippen LogP contribution in [0.2, 0.25) is 0 Å². The first kappa shape index (κ1) is 24.8. The maximum atomic E-state index is 13.5. The van der Waals surface area contributed by atoms with Gasteiger partial charge in [0.15, 0.2) is 11.5 Å². The lowest BCUT2D eigenvalue weighted by Crippen LogP contribution is -2.23. The van der Waals surface area contributed by atoms with Gasteiger partial charge in [-0.1, -0.05) is 24.3 Å². The molecule has 3 heterocycles. The number of nitrogens with one attached hydrogen (secondary N) is 1. The number of alkyl halides is 1. The van der Waals surface area contributed by atoms with E-state index in [1.54, 1.807) is 42.8 Å². The topological polar surface area (TPSA) is 97.9 Å². The van der Waals surface area contributed by atoms with Gasteiger partial charge in [0.05, 0.1) is 12.2 Å². The van der Waals surface area contributed by atoms with E-state index in [0.717, 1.165) is 18.5 Å². The molecule has 0 atom stereocenters. The highest BCUT2D eigenvalue weighted by Crippen LogP contribution is 2.34. The van der Waals surface area contributed by atoms with Crippen LogP contribution in [0.4, 0.5) is 16.0 Å². The fraction of sp³-hybridized carbons (Fsp3) is 0.357. The molecule has 0 amide bonds. The van der Waals surface area contributed by atoms with Crippen LogP contribution in [0.3, 0.4) is 0 Å². The van der Waals surface area contributed by atoms with Crippen molar-refractivity contribution in [3.05, 3.63) is 82.9 Å². The SMILES string of the molecule is C=CCn1c(=O)c2cnc(Nc3ccc(C4CCC(F)CC4)cc3)nc2n1-c1cccc(C(C)(C)O)n1. The Balaban J connectivity index is 1.50. The monoisotopic (exact) mass is 502 g/mol. The Kier molecular flexibility index (Phi) is 6.64. The van der Waals surface area contributed by atoms with Crippen molar-refractivity contribution in [2.45, 2.75) is 63.8 Å². The predicted molar refractivity (Wildman–Crippen MR) is 142 cm³/mol. The number of hydrogen-bond acceptors (Lipinski definition) is 6. The number of hydrogen-bond donors (Lipinski definition) is 2. The van der Waals surface area contributed by atoms with Gasteiger partial charge in [0.2, 0.25) is 5.95 Å². The minimum atomic E-state index is -1.15. The van der Waals surface area contributed by atoms with Crippen LogP contribution in [0.5, 0.6) is 0 Å². The Hall–Kier alpha value is -3.85. The molecule has 0 unspecified atom stereocenters. The number of nitrogens with zero attached hydrogens (tertiary/aromatic N) is 5. The average Bonchev–Trinajstić information content (AvgIpc) is 3.15. The van der Waals surface area contributed by atoms with Gasteiger partial charge in [-0.3, -0.25) is 4.79 Å². The molecule has 1 fully saturated rings. The number of halogens is 1. The highest BCUT2D eigenvalue weighted by atomic mass is 19.1. The molecule has 1 aromatic carbocycles. The summed E-state index contributed by atoms with van der Waals surface area (Å²) < 4.78 is 16.6. The van der Waals surface area contributed by atoms with Gasteiger partial charge < -0.3 is 10.4 Å². The van der Waals surface area contributed by atoms with Crippen LogP contribution in [0.15, 0.2) is 66.1 Å². The van der Waals surface area contributed by atoms with Crippen LogP contribution in [-0.2, 0) is 12.1 Å². The zero-order valence-electron chi connectivity index (χ0n) is 21.1. The van der Waals surface area contributed by atoms with E-state index in [1.807, 2.05) is 12.1 Å². The summed E-state index contributed by atoms with van der Waals surface area (Å²) in [4.78, 5) is 26.8. The average molecular weight is 503 g/mol. The first-order valence-electron chi connectivity index (χ1n) is 12.6. The molecule has 0 saturated heterocycles. The quantitative estimate of drug-likeness (QED) is 0.340. The third-order valence-corrected chi connectivity index (χ3v) is 6.85. The van der Waals surface area contributed by atoms with Crippen molar-refractivity contribution in [2.24, 2.45) is 0 Å². The molecule has 4 aromatic rings. The van der Waals surface area contributed by atoms with Gasteiger partial charge in [0.25, 0.3) is 5.56 Å². The summed E-state index contributed by atoms with van der Waals surface area (Å²) in [5.74, 6) is 1.17. The lowest BCUT2D eigenvalue weighted by molar-refractivity contribution is 0.0738. The molecular formula is C28H31FN6O2. The molecule has 1 aliphatic rings. The molecule has 1 saturated carbocycles. The predicted octanol–water partition coefficient (Wildman–Crippen LogP) is 5.13. The molecule has 3 aromatic heterocycles. The summed E-state index contributed by atoms with van der Waals surface area (Å²) >= 11 is 0. The highest BCUT2D eigenvalue weighted by molar-refractivity contribution is 5.77. The molecule has 0 spiro atoms. The molecule has 5 rings (SSSR count). The van der Waals surface area contributed by atoms with E-state index in [4.69, 9.17) is 0 Å². The first-order valence-corrected chi connectivity index (χ1v) is 12.6. The minimum absolute atomic E-state index is 0.248. The van der Waals surface area contributed by atoms with Crippen molar-refractivity contribution in [2.75, 3.05) is 5.32 Å². The van der Waals surface area contributed by atoms with E-state index in [-0.39, 0.29) is 12.1 Å². The van der Waals surface area contributed by atoms with Gasteiger partial charge in [0.1, 0.15) is 17.2 Å². The normalized spacial score (nSPS) is 18.2. The first-order chi connectivity index (χ1) is 17.7. The standard InChI is InChI=1S/C28H31FN6O2/c1-4-16-34-26(36)22-17-30-27(31-21-14-10-19(11-15-21)18-8-12-20(29)13-9-18)33-25(22)35(34)24-7-5-6-23(32-24)28(2,3)37/h4-7,10-11,14-15,17-18,20,37H,1,8-9,12-13,16H2,2-3H3,(H,30,31,33). The lowest BCUT2D eigenvalue weighted by Gasteiger charge is -2.24. The maximum absolute atomic E-state index is 13.5. The Labute approximate surface area is 214 Å². The zero-order chi connectivity index (χ0) is 26.2. The summed E-state index contributed by atoms with van der Waals surface area (Å²) in [6.07, 6.45) is 5.46. The Morgan fingerprint density at radius 1 is 1.14 bits per heavy atom. The molecule has 192 valence electrons. The van der Waals surface area contributed by atoms with Crippen molar-refractivity contribution in [3.63, 3.8) is 0 Å². The van der Waals surface area contributed by atoms with E-state index < -0.39 is 11.8 Å². The number of anilines is 2. The molecule has 9 heteroatoms. The molecular weight excluding hydrogens is 471 g/mol. The van der Waals surface area contributed by atoms with Crippen molar-refractivity contribution >= 4 is 22.7 Å². The molecule has 0 radical (unpaired) electrons. The summed E-state index contributed by atoms with van der Waals surface area (Å²) in [7, 11) is 0. The van der Waals surface area contributed by atoms with E-state index in [9.17, 15) is 14.3 Å². The smallest absolute Gasteiger partial charge is 0.278 e. The van der Waals surface area contributed by atoms with E-state index in [0.29, 0.717) is 47.3 Å².